The number of anilines is 1. The molecule has 1 aromatic heterocycles. The molecule has 0 fully saturated rings. The van der Waals surface area contributed by atoms with Gasteiger partial charge in [0.2, 0.25) is 0 Å². The molecule has 1 atom stereocenters. The van der Waals surface area contributed by atoms with Gasteiger partial charge < -0.3 is 10.2 Å². The first-order chi connectivity index (χ1) is 9.53. The molecule has 1 amide bonds. The van der Waals surface area contributed by atoms with Crippen molar-refractivity contribution in [1.82, 2.24) is 9.88 Å². The minimum Gasteiger partial charge on any atom is -0.370 e. The number of aromatic nitrogens is 1. The van der Waals surface area contributed by atoms with Gasteiger partial charge >= 0.3 is 0 Å². The van der Waals surface area contributed by atoms with Gasteiger partial charge in [-0.1, -0.05) is 20.3 Å². The number of nitrogens with one attached hydrogen (secondary N) is 1. The Bertz CT molecular complexity index is 445. The maximum Gasteiger partial charge on any atom is 0.254 e. The fourth-order valence-corrected chi connectivity index (χ4v) is 2.18. The summed E-state index contributed by atoms with van der Waals surface area (Å²) in [5, 5.41) is 3.19. The first kappa shape index (κ1) is 16.5. The Balaban J connectivity index is 2.99. The van der Waals surface area contributed by atoms with Crippen molar-refractivity contribution in [3.05, 3.63) is 23.4 Å². The van der Waals surface area contributed by atoms with E-state index in [-0.39, 0.29) is 11.9 Å². The first-order valence-corrected chi connectivity index (χ1v) is 7.55. The summed E-state index contributed by atoms with van der Waals surface area (Å²) < 4.78 is 0. The van der Waals surface area contributed by atoms with Crippen molar-refractivity contribution in [1.29, 1.82) is 0 Å². The molecule has 0 aromatic carbocycles. The molecule has 0 saturated carbocycles. The lowest BCUT2D eigenvalue weighted by molar-refractivity contribution is 0.0736. The van der Waals surface area contributed by atoms with Crippen molar-refractivity contribution in [2.24, 2.45) is 0 Å². The Kier molecular flexibility index (Phi) is 6.49. The second-order valence-corrected chi connectivity index (χ2v) is 5.17. The number of amides is 1. The van der Waals surface area contributed by atoms with E-state index in [1.807, 2.05) is 31.0 Å². The minimum atomic E-state index is 0.0715. The number of carbonyl (C=O) groups is 1. The Labute approximate surface area is 122 Å². The molecule has 1 rings (SSSR count). The van der Waals surface area contributed by atoms with Crippen LogP contribution in [0.1, 0.15) is 56.6 Å². The molecule has 4 nitrogen and oxygen atoms in total. The van der Waals surface area contributed by atoms with Crippen LogP contribution < -0.4 is 5.32 Å². The van der Waals surface area contributed by atoms with Gasteiger partial charge in [-0.05, 0) is 38.8 Å². The van der Waals surface area contributed by atoms with Crippen molar-refractivity contribution in [3.8, 4) is 0 Å². The highest BCUT2D eigenvalue weighted by Gasteiger charge is 2.18. The standard InChI is InChI=1S/C16H27N3O/c1-6-9-12(4)19(5)16(20)13-10-14(7-2)18-15(11-13)17-8-3/h10-12H,6-9H2,1-5H3,(H,17,18). The lowest BCUT2D eigenvalue weighted by atomic mass is 10.1. The van der Waals surface area contributed by atoms with Gasteiger partial charge in [-0.2, -0.15) is 0 Å². The van der Waals surface area contributed by atoms with Crippen LogP contribution >= 0.6 is 0 Å². The van der Waals surface area contributed by atoms with Crippen LogP contribution in [0.4, 0.5) is 5.82 Å². The minimum absolute atomic E-state index is 0.0715. The Morgan fingerprint density at radius 1 is 1.35 bits per heavy atom. The molecule has 20 heavy (non-hydrogen) atoms. The van der Waals surface area contributed by atoms with Crippen LogP contribution in [-0.4, -0.2) is 35.4 Å². The maximum absolute atomic E-state index is 12.6. The number of rotatable bonds is 7. The van der Waals surface area contributed by atoms with E-state index in [2.05, 4.69) is 31.1 Å². The Hall–Kier alpha value is -1.58. The SMILES string of the molecule is CCCC(C)N(C)C(=O)c1cc(CC)nc(NCC)c1. The van der Waals surface area contributed by atoms with Crippen LogP contribution in [0.3, 0.4) is 0 Å². The molecule has 1 aromatic rings. The number of carbonyl (C=O) groups excluding carboxylic acids is 1. The fraction of sp³-hybridized carbons (Fsp3) is 0.625. The normalized spacial score (nSPS) is 12.1. The molecule has 0 bridgehead atoms. The van der Waals surface area contributed by atoms with Gasteiger partial charge in [-0.15, -0.1) is 0 Å². The van der Waals surface area contributed by atoms with Gasteiger partial charge in [0.05, 0.1) is 0 Å². The van der Waals surface area contributed by atoms with Gasteiger partial charge in [-0.3, -0.25) is 4.79 Å². The van der Waals surface area contributed by atoms with Gasteiger partial charge in [0.15, 0.2) is 0 Å². The lowest BCUT2D eigenvalue weighted by Gasteiger charge is -2.25. The van der Waals surface area contributed by atoms with E-state index in [4.69, 9.17) is 0 Å². The van der Waals surface area contributed by atoms with E-state index in [1.165, 1.54) is 0 Å². The van der Waals surface area contributed by atoms with E-state index in [9.17, 15) is 4.79 Å². The molecular formula is C16H27N3O. The van der Waals surface area contributed by atoms with Crippen molar-refractivity contribution in [3.63, 3.8) is 0 Å². The zero-order valence-corrected chi connectivity index (χ0v) is 13.4. The summed E-state index contributed by atoms with van der Waals surface area (Å²) in [5.41, 5.74) is 1.67. The summed E-state index contributed by atoms with van der Waals surface area (Å²) in [6.07, 6.45) is 2.93. The van der Waals surface area contributed by atoms with Gasteiger partial charge in [0.25, 0.3) is 5.91 Å². The molecule has 1 unspecified atom stereocenters. The summed E-state index contributed by atoms with van der Waals surface area (Å²) in [6, 6.07) is 4.01. The third-order valence-corrected chi connectivity index (χ3v) is 3.53. The molecular weight excluding hydrogens is 250 g/mol. The number of hydrogen-bond acceptors (Lipinski definition) is 3. The number of hydrogen-bond donors (Lipinski definition) is 1. The molecule has 112 valence electrons. The molecule has 0 aliphatic carbocycles. The quantitative estimate of drug-likeness (QED) is 0.831. The van der Waals surface area contributed by atoms with E-state index < -0.39 is 0 Å². The molecule has 0 aliphatic rings. The van der Waals surface area contributed by atoms with Crippen LogP contribution in [0, 0.1) is 0 Å². The average Bonchev–Trinajstić information content (AvgIpc) is 2.45. The molecule has 1 N–H and O–H groups in total. The predicted octanol–water partition coefficient (Wildman–Crippen LogP) is 3.34. The Morgan fingerprint density at radius 2 is 2.05 bits per heavy atom. The van der Waals surface area contributed by atoms with Crippen LogP contribution in [0.5, 0.6) is 0 Å². The summed E-state index contributed by atoms with van der Waals surface area (Å²) in [4.78, 5) is 18.9. The van der Waals surface area contributed by atoms with E-state index in [0.29, 0.717) is 0 Å². The van der Waals surface area contributed by atoms with Crippen LogP contribution in [-0.2, 0) is 6.42 Å². The molecule has 4 heteroatoms. The molecule has 0 aliphatic heterocycles. The van der Waals surface area contributed by atoms with Crippen LogP contribution in [0.25, 0.3) is 0 Å². The summed E-state index contributed by atoms with van der Waals surface area (Å²) in [5.74, 6) is 0.856. The van der Waals surface area contributed by atoms with Gasteiger partial charge in [0.1, 0.15) is 5.82 Å². The topological polar surface area (TPSA) is 45.2 Å². The van der Waals surface area contributed by atoms with Crippen molar-refractivity contribution in [2.45, 2.75) is 53.0 Å². The number of aryl methyl sites for hydroxylation is 1. The highest BCUT2D eigenvalue weighted by atomic mass is 16.2. The second kappa shape index (κ2) is 7.88. The van der Waals surface area contributed by atoms with E-state index in [0.717, 1.165) is 42.9 Å². The van der Waals surface area contributed by atoms with Crippen LogP contribution in [0.2, 0.25) is 0 Å². The third-order valence-electron chi connectivity index (χ3n) is 3.53. The maximum atomic E-state index is 12.6. The smallest absolute Gasteiger partial charge is 0.254 e. The zero-order valence-electron chi connectivity index (χ0n) is 13.4. The summed E-state index contributed by atoms with van der Waals surface area (Å²) in [7, 11) is 1.88. The number of nitrogens with zero attached hydrogens (tertiary/aromatic N) is 2. The first-order valence-electron chi connectivity index (χ1n) is 7.55. The fourth-order valence-electron chi connectivity index (χ4n) is 2.18. The second-order valence-electron chi connectivity index (χ2n) is 5.17. The van der Waals surface area contributed by atoms with Crippen LogP contribution in [0.15, 0.2) is 12.1 Å². The predicted molar refractivity (Wildman–Crippen MR) is 84.2 cm³/mol. The van der Waals surface area contributed by atoms with Crippen molar-refractivity contribution >= 4 is 11.7 Å². The van der Waals surface area contributed by atoms with E-state index >= 15 is 0 Å². The average molecular weight is 277 g/mol. The monoisotopic (exact) mass is 277 g/mol. The lowest BCUT2D eigenvalue weighted by Crippen LogP contribution is -2.35. The summed E-state index contributed by atoms with van der Waals surface area (Å²) in [6.45, 7) is 9.11. The van der Waals surface area contributed by atoms with Crippen molar-refractivity contribution < 1.29 is 4.79 Å². The number of pyridine rings is 1. The summed E-state index contributed by atoms with van der Waals surface area (Å²) >= 11 is 0. The van der Waals surface area contributed by atoms with E-state index in [1.54, 1.807) is 0 Å². The third kappa shape index (κ3) is 4.22. The molecule has 0 saturated heterocycles. The Morgan fingerprint density at radius 3 is 2.60 bits per heavy atom. The molecule has 1 heterocycles. The highest BCUT2D eigenvalue weighted by molar-refractivity contribution is 5.95. The van der Waals surface area contributed by atoms with Gasteiger partial charge in [0, 0.05) is 30.9 Å². The van der Waals surface area contributed by atoms with Gasteiger partial charge in [-0.25, -0.2) is 4.98 Å². The molecule has 0 radical (unpaired) electrons. The largest absolute Gasteiger partial charge is 0.370 e. The van der Waals surface area contributed by atoms with Crippen molar-refractivity contribution in [2.75, 3.05) is 18.9 Å². The zero-order chi connectivity index (χ0) is 15.1. The molecule has 0 spiro atoms. The highest BCUT2D eigenvalue weighted by Crippen LogP contribution is 2.15.